The third-order valence-corrected chi connectivity index (χ3v) is 4.29. The van der Waals surface area contributed by atoms with Gasteiger partial charge >= 0.3 is 0 Å². The van der Waals surface area contributed by atoms with Gasteiger partial charge in [-0.2, -0.15) is 0 Å². The van der Waals surface area contributed by atoms with Gasteiger partial charge in [-0.15, -0.1) is 0 Å². The molecule has 0 saturated carbocycles. The van der Waals surface area contributed by atoms with Gasteiger partial charge in [0.15, 0.2) is 17.5 Å². The highest BCUT2D eigenvalue weighted by Crippen LogP contribution is 2.23. The van der Waals surface area contributed by atoms with E-state index in [0.717, 1.165) is 37.3 Å². The highest BCUT2D eigenvalue weighted by Gasteiger charge is 2.19. The van der Waals surface area contributed by atoms with Crippen LogP contribution >= 0.6 is 0 Å². The van der Waals surface area contributed by atoms with E-state index in [2.05, 4.69) is 22.1 Å². The molecule has 1 aromatic carbocycles. The maximum Gasteiger partial charge on any atom is 0.274 e. The van der Waals surface area contributed by atoms with Crippen molar-refractivity contribution < 1.29 is 18.0 Å². The average molecular weight is 349 g/mol. The van der Waals surface area contributed by atoms with E-state index in [4.69, 9.17) is 0 Å². The molecule has 1 unspecified atom stereocenters. The summed E-state index contributed by atoms with van der Waals surface area (Å²) in [5.41, 5.74) is 0.555. The molecule has 1 aliphatic heterocycles. The third-order valence-electron chi connectivity index (χ3n) is 4.29. The van der Waals surface area contributed by atoms with Crippen molar-refractivity contribution in [1.82, 2.24) is 4.98 Å². The minimum Gasteiger partial charge on any atom is -0.370 e. The van der Waals surface area contributed by atoms with Crippen molar-refractivity contribution in [3.63, 3.8) is 0 Å². The molecule has 2 aromatic rings. The Labute approximate surface area is 143 Å². The summed E-state index contributed by atoms with van der Waals surface area (Å²) < 4.78 is 39.8. The zero-order valence-electron chi connectivity index (χ0n) is 13.7. The lowest BCUT2D eigenvalue weighted by Crippen LogP contribution is -2.34. The molecule has 0 bridgehead atoms. The van der Waals surface area contributed by atoms with Gasteiger partial charge in [0.05, 0.1) is 17.6 Å². The molecule has 7 heteroatoms. The van der Waals surface area contributed by atoms with Crippen LogP contribution in [0.3, 0.4) is 0 Å². The highest BCUT2D eigenvalue weighted by atomic mass is 19.2. The highest BCUT2D eigenvalue weighted by molar-refractivity contribution is 6.03. The third kappa shape index (κ3) is 3.75. The lowest BCUT2D eigenvalue weighted by Gasteiger charge is -2.32. The van der Waals surface area contributed by atoms with Crippen molar-refractivity contribution >= 4 is 17.3 Å². The monoisotopic (exact) mass is 349 g/mol. The van der Waals surface area contributed by atoms with Gasteiger partial charge in [-0.1, -0.05) is 6.92 Å². The number of nitrogens with zero attached hydrogens (tertiary/aromatic N) is 2. The van der Waals surface area contributed by atoms with Crippen LogP contribution in [0.15, 0.2) is 30.5 Å². The molecule has 1 fully saturated rings. The Morgan fingerprint density at radius 3 is 2.68 bits per heavy atom. The van der Waals surface area contributed by atoms with Crippen molar-refractivity contribution in [3.8, 4) is 0 Å². The summed E-state index contributed by atoms with van der Waals surface area (Å²) in [5, 5.41) is 2.20. The fourth-order valence-electron chi connectivity index (χ4n) is 2.94. The molecule has 25 heavy (non-hydrogen) atoms. The molecule has 1 aromatic heterocycles. The number of rotatable bonds is 3. The quantitative estimate of drug-likeness (QED) is 0.853. The molecule has 1 saturated heterocycles. The number of nitrogens with one attached hydrogen (secondary N) is 1. The van der Waals surface area contributed by atoms with Crippen LogP contribution in [0, 0.1) is 23.4 Å². The first kappa shape index (κ1) is 17.3. The van der Waals surface area contributed by atoms with E-state index in [1.54, 1.807) is 12.3 Å². The molecule has 4 nitrogen and oxygen atoms in total. The van der Waals surface area contributed by atoms with E-state index in [1.165, 1.54) is 12.5 Å². The van der Waals surface area contributed by atoms with Crippen LogP contribution in [0.25, 0.3) is 0 Å². The summed E-state index contributed by atoms with van der Waals surface area (Å²) >= 11 is 0. The van der Waals surface area contributed by atoms with Crippen molar-refractivity contribution in [3.05, 3.63) is 53.6 Å². The second-order valence-electron chi connectivity index (χ2n) is 6.27. The summed E-state index contributed by atoms with van der Waals surface area (Å²) in [6, 6.07) is 5.03. The molecule has 0 spiro atoms. The van der Waals surface area contributed by atoms with Gasteiger partial charge in [-0.3, -0.25) is 4.79 Å². The van der Waals surface area contributed by atoms with E-state index in [9.17, 15) is 18.0 Å². The Morgan fingerprint density at radius 2 is 2.00 bits per heavy atom. The lowest BCUT2D eigenvalue weighted by atomic mass is 10.00. The van der Waals surface area contributed by atoms with Crippen LogP contribution in [0.5, 0.6) is 0 Å². The topological polar surface area (TPSA) is 45.2 Å². The zero-order chi connectivity index (χ0) is 18.0. The Hall–Kier alpha value is -2.57. The molecule has 1 aliphatic rings. The predicted molar refractivity (Wildman–Crippen MR) is 89.1 cm³/mol. The Morgan fingerprint density at radius 1 is 1.20 bits per heavy atom. The summed E-state index contributed by atoms with van der Waals surface area (Å²) in [6.45, 7) is 4.07. The van der Waals surface area contributed by atoms with E-state index in [0.29, 0.717) is 5.92 Å². The number of piperidine rings is 1. The number of aromatic nitrogens is 1. The maximum atomic E-state index is 13.6. The largest absolute Gasteiger partial charge is 0.370 e. The van der Waals surface area contributed by atoms with Crippen molar-refractivity contribution in [2.45, 2.75) is 19.8 Å². The Kier molecular flexibility index (Phi) is 4.92. The zero-order valence-corrected chi connectivity index (χ0v) is 13.7. The number of carbonyl (C=O) groups is 1. The molecule has 1 atom stereocenters. The molecule has 3 rings (SSSR count). The van der Waals surface area contributed by atoms with Crippen LogP contribution in [0.1, 0.15) is 30.3 Å². The summed E-state index contributed by atoms with van der Waals surface area (Å²) in [4.78, 5) is 18.4. The molecular formula is C18H18F3N3O. The van der Waals surface area contributed by atoms with Crippen molar-refractivity contribution in [1.29, 1.82) is 0 Å². The van der Waals surface area contributed by atoms with Gasteiger partial charge in [0, 0.05) is 13.1 Å². The van der Waals surface area contributed by atoms with Crippen LogP contribution < -0.4 is 10.2 Å². The van der Waals surface area contributed by atoms with Crippen molar-refractivity contribution in [2.24, 2.45) is 5.92 Å². The normalized spacial score (nSPS) is 17.4. The number of benzene rings is 1. The van der Waals surface area contributed by atoms with Gasteiger partial charge in [0.25, 0.3) is 5.91 Å². The molecule has 1 amide bonds. The first-order valence-electron chi connectivity index (χ1n) is 8.11. The molecule has 0 radical (unpaired) electrons. The molecular weight excluding hydrogens is 331 g/mol. The number of carbonyl (C=O) groups excluding carboxylic acids is 1. The van der Waals surface area contributed by atoms with Crippen LogP contribution in [-0.4, -0.2) is 24.0 Å². The van der Waals surface area contributed by atoms with Crippen LogP contribution in [0.2, 0.25) is 0 Å². The van der Waals surface area contributed by atoms with E-state index in [-0.39, 0.29) is 5.69 Å². The van der Waals surface area contributed by atoms with Crippen LogP contribution in [-0.2, 0) is 0 Å². The molecule has 132 valence electrons. The molecule has 2 heterocycles. The van der Waals surface area contributed by atoms with E-state index >= 15 is 0 Å². The number of anilines is 2. The summed E-state index contributed by atoms with van der Waals surface area (Å²) in [6.07, 6.45) is 3.90. The lowest BCUT2D eigenvalue weighted by molar-refractivity contribution is 0.102. The second-order valence-corrected chi connectivity index (χ2v) is 6.27. The van der Waals surface area contributed by atoms with Gasteiger partial charge in [-0.25, -0.2) is 18.2 Å². The first-order valence-corrected chi connectivity index (χ1v) is 8.11. The fourth-order valence-corrected chi connectivity index (χ4v) is 2.94. The Balaban J connectivity index is 1.72. The second kappa shape index (κ2) is 7.13. The smallest absolute Gasteiger partial charge is 0.274 e. The molecule has 1 N–H and O–H groups in total. The SMILES string of the molecule is CC1CCCN(c2ccc(C(=O)Nc3ccc(F)c(F)c3F)nc2)C1. The number of amides is 1. The van der Waals surface area contributed by atoms with Gasteiger partial charge in [0.2, 0.25) is 0 Å². The van der Waals surface area contributed by atoms with Gasteiger partial charge in [0.1, 0.15) is 5.69 Å². The Bertz CT molecular complexity index is 780. The number of hydrogen-bond acceptors (Lipinski definition) is 3. The summed E-state index contributed by atoms with van der Waals surface area (Å²) in [7, 11) is 0. The van der Waals surface area contributed by atoms with Gasteiger partial charge < -0.3 is 10.2 Å². The van der Waals surface area contributed by atoms with E-state index < -0.39 is 29.0 Å². The number of hydrogen-bond donors (Lipinski definition) is 1. The number of halogens is 3. The minimum atomic E-state index is -1.62. The minimum absolute atomic E-state index is 0.0675. The standard InChI is InChI=1S/C18H18F3N3O/c1-11-3-2-8-24(10-11)12-4-6-15(22-9-12)18(25)23-14-7-5-13(19)16(20)17(14)21/h4-7,9,11H,2-3,8,10H2,1H3,(H,23,25). The first-order chi connectivity index (χ1) is 12.0. The predicted octanol–water partition coefficient (Wildman–Crippen LogP) is 3.99. The molecule has 0 aliphatic carbocycles. The van der Waals surface area contributed by atoms with E-state index in [1.807, 2.05) is 0 Å². The van der Waals surface area contributed by atoms with Gasteiger partial charge in [-0.05, 0) is 43.0 Å². The fraction of sp³-hybridized carbons (Fsp3) is 0.333. The van der Waals surface area contributed by atoms with Crippen LogP contribution in [0.4, 0.5) is 24.5 Å². The average Bonchev–Trinajstić information content (AvgIpc) is 2.62. The summed E-state index contributed by atoms with van der Waals surface area (Å²) in [5.74, 6) is -4.46. The maximum absolute atomic E-state index is 13.6. The van der Waals surface area contributed by atoms with Crippen molar-refractivity contribution in [2.75, 3.05) is 23.3 Å². The number of pyridine rings is 1.